The molecule has 2 amide bonds. The van der Waals surface area contributed by atoms with Crippen LogP contribution in [0.25, 0.3) is 0 Å². The van der Waals surface area contributed by atoms with Crippen LogP contribution in [0.2, 0.25) is 0 Å². The van der Waals surface area contributed by atoms with Crippen molar-refractivity contribution >= 4 is 47.4 Å². The lowest BCUT2D eigenvalue weighted by Crippen LogP contribution is -2.53. The van der Waals surface area contributed by atoms with Crippen LogP contribution in [-0.2, 0) is 9.59 Å². The number of carbonyl (C=O) groups excluding carboxylic acids is 2. The van der Waals surface area contributed by atoms with Gasteiger partial charge in [0, 0.05) is 64.5 Å². The van der Waals surface area contributed by atoms with Gasteiger partial charge in [0.1, 0.15) is 0 Å². The number of piperazine rings is 1. The van der Waals surface area contributed by atoms with Gasteiger partial charge in [0.25, 0.3) is 0 Å². The summed E-state index contributed by atoms with van der Waals surface area (Å²) in [5, 5.41) is 6.45. The van der Waals surface area contributed by atoms with Gasteiger partial charge in [-0.3, -0.25) is 14.6 Å². The van der Waals surface area contributed by atoms with Gasteiger partial charge in [-0.2, -0.15) is 0 Å². The van der Waals surface area contributed by atoms with E-state index in [-0.39, 0.29) is 48.4 Å². The second-order valence-corrected chi connectivity index (χ2v) is 7.45. The fraction of sp³-hybridized carbons (Fsp3) is 0.571. The van der Waals surface area contributed by atoms with Crippen LogP contribution in [0.3, 0.4) is 0 Å². The number of likely N-dealkylation sites (tertiary alicyclic amines) is 1. The summed E-state index contributed by atoms with van der Waals surface area (Å²) in [6, 6.07) is 10.5. The molecule has 1 aromatic rings. The molecule has 2 fully saturated rings. The van der Waals surface area contributed by atoms with Crippen LogP contribution in [0, 0.1) is 0 Å². The van der Waals surface area contributed by atoms with Crippen molar-refractivity contribution in [2.24, 2.45) is 4.99 Å². The molecule has 1 aromatic carbocycles. The molecule has 30 heavy (non-hydrogen) atoms. The molecule has 2 heterocycles. The number of halogens is 1. The number of anilines is 1. The van der Waals surface area contributed by atoms with Gasteiger partial charge in [-0.05, 0) is 18.6 Å². The molecule has 2 aliphatic rings. The van der Waals surface area contributed by atoms with Crippen LogP contribution >= 0.6 is 24.0 Å². The standard InChI is InChI=1S/C21H32N6O2.HI/c1-3-19(28)27-10-9-17(16-27)24-21(22-2)23-15-20(29)26-13-11-25(12-14-26)18-7-5-4-6-8-18;/h4-8,17H,3,9-16H2,1-2H3,(H2,22,23,24);1H. The Hall–Kier alpha value is -2.04. The lowest BCUT2D eigenvalue weighted by Gasteiger charge is -2.36. The molecule has 9 heteroatoms. The molecule has 1 atom stereocenters. The smallest absolute Gasteiger partial charge is 0.242 e. The monoisotopic (exact) mass is 528 g/mol. The van der Waals surface area contributed by atoms with Gasteiger partial charge in [-0.1, -0.05) is 25.1 Å². The van der Waals surface area contributed by atoms with Gasteiger partial charge < -0.3 is 25.3 Å². The fourth-order valence-corrected chi connectivity index (χ4v) is 3.84. The highest BCUT2D eigenvalue weighted by molar-refractivity contribution is 14.0. The Kier molecular flexibility index (Phi) is 9.67. The number of hydrogen-bond acceptors (Lipinski definition) is 4. The molecule has 0 aliphatic carbocycles. The van der Waals surface area contributed by atoms with Crippen LogP contribution < -0.4 is 15.5 Å². The summed E-state index contributed by atoms with van der Waals surface area (Å²) >= 11 is 0. The highest BCUT2D eigenvalue weighted by atomic mass is 127. The lowest BCUT2D eigenvalue weighted by molar-refractivity contribution is -0.130. The van der Waals surface area contributed by atoms with E-state index in [2.05, 4.69) is 32.7 Å². The maximum Gasteiger partial charge on any atom is 0.242 e. The third-order valence-electron chi connectivity index (χ3n) is 5.57. The highest BCUT2D eigenvalue weighted by Gasteiger charge is 2.26. The van der Waals surface area contributed by atoms with E-state index in [9.17, 15) is 9.59 Å². The van der Waals surface area contributed by atoms with Crippen molar-refractivity contribution in [2.75, 3.05) is 57.8 Å². The van der Waals surface area contributed by atoms with Gasteiger partial charge in [-0.15, -0.1) is 24.0 Å². The van der Waals surface area contributed by atoms with Gasteiger partial charge in [-0.25, -0.2) is 0 Å². The number of para-hydroxylation sites is 1. The van der Waals surface area contributed by atoms with E-state index in [0.717, 1.165) is 39.1 Å². The largest absolute Gasteiger partial charge is 0.368 e. The Labute approximate surface area is 196 Å². The van der Waals surface area contributed by atoms with E-state index in [1.54, 1.807) is 7.05 Å². The van der Waals surface area contributed by atoms with Crippen LogP contribution in [-0.4, -0.2) is 86.5 Å². The van der Waals surface area contributed by atoms with E-state index in [1.165, 1.54) is 5.69 Å². The zero-order valence-electron chi connectivity index (χ0n) is 17.8. The minimum atomic E-state index is 0. The maximum absolute atomic E-state index is 12.6. The third kappa shape index (κ3) is 6.48. The molecule has 0 spiro atoms. The zero-order chi connectivity index (χ0) is 20.6. The Morgan fingerprint density at radius 2 is 1.73 bits per heavy atom. The van der Waals surface area contributed by atoms with Gasteiger partial charge in [0.05, 0.1) is 6.54 Å². The molecule has 3 rings (SSSR count). The Morgan fingerprint density at radius 1 is 1.03 bits per heavy atom. The van der Waals surface area contributed by atoms with E-state index >= 15 is 0 Å². The minimum absolute atomic E-state index is 0. The first kappa shape index (κ1) is 24.2. The fourth-order valence-electron chi connectivity index (χ4n) is 3.84. The Morgan fingerprint density at radius 3 is 2.37 bits per heavy atom. The molecule has 2 N–H and O–H groups in total. The number of benzene rings is 1. The normalized spacial score (nSPS) is 19.3. The molecule has 1 unspecified atom stereocenters. The van der Waals surface area contributed by atoms with Crippen molar-refractivity contribution in [3.8, 4) is 0 Å². The van der Waals surface area contributed by atoms with Crippen molar-refractivity contribution < 1.29 is 9.59 Å². The summed E-state index contributed by atoms with van der Waals surface area (Å²) in [7, 11) is 1.70. The van der Waals surface area contributed by atoms with E-state index < -0.39 is 0 Å². The van der Waals surface area contributed by atoms with Crippen LogP contribution in [0.15, 0.2) is 35.3 Å². The van der Waals surface area contributed by atoms with Crippen molar-refractivity contribution in [1.29, 1.82) is 0 Å². The maximum atomic E-state index is 12.6. The van der Waals surface area contributed by atoms with Gasteiger partial charge in [0.2, 0.25) is 11.8 Å². The van der Waals surface area contributed by atoms with Crippen LogP contribution in [0.5, 0.6) is 0 Å². The lowest BCUT2D eigenvalue weighted by atomic mass is 10.2. The molecule has 8 nitrogen and oxygen atoms in total. The number of guanidine groups is 1. The molecule has 0 bridgehead atoms. The van der Waals surface area contributed by atoms with Crippen molar-refractivity contribution in [3.63, 3.8) is 0 Å². The molecule has 0 saturated carbocycles. The number of amides is 2. The first-order chi connectivity index (χ1) is 14.1. The second-order valence-electron chi connectivity index (χ2n) is 7.45. The number of carbonyl (C=O) groups is 2. The quantitative estimate of drug-likeness (QED) is 0.341. The van der Waals surface area contributed by atoms with Gasteiger partial charge in [0.15, 0.2) is 5.96 Å². The average molecular weight is 528 g/mol. The number of rotatable bonds is 5. The van der Waals surface area contributed by atoms with E-state index in [0.29, 0.717) is 18.9 Å². The Balaban J connectivity index is 0.00000320. The molecule has 2 saturated heterocycles. The topological polar surface area (TPSA) is 80.3 Å². The summed E-state index contributed by atoms with van der Waals surface area (Å²) in [5.41, 5.74) is 1.20. The number of nitrogens with one attached hydrogen (secondary N) is 2. The zero-order valence-corrected chi connectivity index (χ0v) is 20.2. The van der Waals surface area contributed by atoms with Crippen LogP contribution in [0.4, 0.5) is 5.69 Å². The summed E-state index contributed by atoms with van der Waals surface area (Å²) < 4.78 is 0. The summed E-state index contributed by atoms with van der Waals surface area (Å²) in [6.07, 6.45) is 1.42. The number of hydrogen-bond donors (Lipinski definition) is 2. The molecular weight excluding hydrogens is 495 g/mol. The van der Waals surface area contributed by atoms with Crippen molar-refractivity contribution in [2.45, 2.75) is 25.8 Å². The van der Waals surface area contributed by atoms with Gasteiger partial charge >= 0.3 is 0 Å². The Bertz CT molecular complexity index is 721. The highest BCUT2D eigenvalue weighted by Crippen LogP contribution is 2.15. The average Bonchev–Trinajstić information content (AvgIpc) is 3.25. The first-order valence-corrected chi connectivity index (χ1v) is 10.4. The van der Waals surface area contributed by atoms with Crippen molar-refractivity contribution in [1.82, 2.24) is 20.4 Å². The van der Waals surface area contributed by atoms with Crippen LogP contribution in [0.1, 0.15) is 19.8 Å². The van der Waals surface area contributed by atoms with E-state index in [1.807, 2.05) is 34.9 Å². The predicted molar refractivity (Wildman–Crippen MR) is 130 cm³/mol. The third-order valence-corrected chi connectivity index (χ3v) is 5.57. The molecule has 0 radical (unpaired) electrons. The predicted octanol–water partition coefficient (Wildman–Crippen LogP) is 1.13. The van der Waals surface area contributed by atoms with Crippen molar-refractivity contribution in [3.05, 3.63) is 30.3 Å². The van der Waals surface area contributed by atoms with E-state index in [4.69, 9.17) is 0 Å². The number of nitrogens with zero attached hydrogens (tertiary/aromatic N) is 4. The summed E-state index contributed by atoms with van der Waals surface area (Å²) in [6.45, 7) is 6.67. The first-order valence-electron chi connectivity index (χ1n) is 10.4. The molecule has 0 aromatic heterocycles. The number of aliphatic imine (C=N–C) groups is 1. The molecular formula is C21H33IN6O2. The molecule has 2 aliphatic heterocycles. The molecule has 166 valence electrons. The summed E-state index contributed by atoms with van der Waals surface area (Å²) in [5.74, 6) is 0.869. The SMILES string of the molecule is CCC(=O)N1CCC(NC(=NC)NCC(=O)N2CCN(c3ccccc3)CC2)C1.I. The summed E-state index contributed by atoms with van der Waals surface area (Å²) in [4.78, 5) is 34.7. The minimum Gasteiger partial charge on any atom is -0.368 e. The second kappa shape index (κ2) is 12.0.